The minimum absolute atomic E-state index is 0. The monoisotopic (exact) mass is 1110 g/mol. The summed E-state index contributed by atoms with van der Waals surface area (Å²) in [5.74, 6) is 1.53. The second kappa shape index (κ2) is 24.9. The Morgan fingerprint density at radius 1 is 0.538 bits per heavy atom. The second-order valence-electron chi connectivity index (χ2n) is 18.2. The molecular formula is C58H66N2O16S2. The molecule has 0 aliphatic carbocycles. The molecule has 4 heterocycles. The van der Waals surface area contributed by atoms with Gasteiger partial charge in [-0.1, -0.05) is 63.4 Å². The Kier molecular flexibility index (Phi) is 18.5. The Hall–Kier alpha value is -7.52. The Labute approximate surface area is 456 Å². The van der Waals surface area contributed by atoms with Gasteiger partial charge in [-0.05, 0) is 127 Å². The first-order chi connectivity index (χ1) is 36.6. The van der Waals surface area contributed by atoms with Gasteiger partial charge < -0.3 is 46.6 Å². The first-order valence-corrected chi connectivity index (χ1v) is 27.4. The van der Waals surface area contributed by atoms with Crippen molar-refractivity contribution in [1.82, 2.24) is 9.80 Å². The third-order valence-electron chi connectivity index (χ3n) is 13.9. The standard InChI is InChI=1S/C29H31NO8S.C27H27NO8S.2CH4/c1-4-36-28(31)18-37-27-16-22-20(15-26(27)35-3)12-13-30-17-23-19(14-24(22)30)10-11-25(34-2)29(23)38-39(32,33)21-8-6-5-7-9-21;1-33-23-9-8-17-12-22-20-14-25(35-16-26(29)30)24(34-2)13-18(20)10-11-28(22)15-21(17)27(23)36-37(31,32)19-6-4-3-5-7-19;;/h5-11,15-16,24H,4,12-14,17-18H2,1-3H3;3-9,13-14,22H,10-12,15-16H2,1-2H3,(H,29,30);2*1H4. The number of benzene rings is 6. The van der Waals surface area contributed by atoms with Crippen molar-refractivity contribution in [2.45, 2.75) is 82.4 Å². The van der Waals surface area contributed by atoms with Crippen LogP contribution in [0.1, 0.15) is 78.4 Å². The van der Waals surface area contributed by atoms with Gasteiger partial charge in [0.05, 0.1) is 35.0 Å². The molecule has 0 saturated heterocycles. The number of hydrogen-bond donors (Lipinski definition) is 1. The van der Waals surface area contributed by atoms with E-state index >= 15 is 0 Å². The summed E-state index contributed by atoms with van der Waals surface area (Å²) in [7, 11) is -2.03. The summed E-state index contributed by atoms with van der Waals surface area (Å²) in [6.07, 6.45) is 2.77. The van der Waals surface area contributed by atoms with Crippen LogP contribution in [0, 0.1) is 0 Å². The van der Waals surface area contributed by atoms with E-state index in [2.05, 4.69) is 9.80 Å². The minimum Gasteiger partial charge on any atom is -0.493 e. The van der Waals surface area contributed by atoms with E-state index in [0.717, 1.165) is 70.4 Å². The molecule has 0 saturated carbocycles. The molecule has 6 aromatic rings. The van der Waals surface area contributed by atoms with Crippen LogP contribution in [0.4, 0.5) is 0 Å². The van der Waals surface area contributed by atoms with Gasteiger partial charge in [-0.25, -0.2) is 9.59 Å². The number of esters is 1. The van der Waals surface area contributed by atoms with Crippen LogP contribution >= 0.6 is 0 Å². The highest BCUT2D eigenvalue weighted by atomic mass is 32.2. The zero-order valence-corrected chi connectivity index (χ0v) is 44.2. The van der Waals surface area contributed by atoms with Crippen molar-refractivity contribution in [1.29, 1.82) is 0 Å². The van der Waals surface area contributed by atoms with E-state index in [1.165, 1.54) is 45.6 Å². The largest absolute Gasteiger partial charge is 0.493 e. The fourth-order valence-corrected chi connectivity index (χ4v) is 12.2. The van der Waals surface area contributed by atoms with Crippen molar-refractivity contribution in [3.8, 4) is 46.0 Å². The van der Waals surface area contributed by atoms with Crippen molar-refractivity contribution in [2.24, 2.45) is 0 Å². The van der Waals surface area contributed by atoms with E-state index in [9.17, 15) is 26.4 Å². The zero-order chi connectivity index (χ0) is 53.7. The molecule has 0 bridgehead atoms. The molecule has 1 N–H and O–H groups in total. The smallest absolute Gasteiger partial charge is 0.344 e. The molecule has 20 heteroatoms. The lowest BCUT2D eigenvalue weighted by Gasteiger charge is -2.42. The number of ether oxygens (including phenoxy) is 7. The van der Waals surface area contributed by atoms with Gasteiger partial charge in [-0.15, -0.1) is 0 Å². The van der Waals surface area contributed by atoms with Gasteiger partial charge in [-0.2, -0.15) is 16.8 Å². The Balaban J connectivity index is 0.000000221. The van der Waals surface area contributed by atoms with Gasteiger partial charge in [-0.3, -0.25) is 9.80 Å². The maximum atomic E-state index is 13.1. The quantitative estimate of drug-likeness (QED) is 0.0667. The van der Waals surface area contributed by atoms with E-state index in [4.69, 9.17) is 46.6 Å². The number of aliphatic carboxylic acids is 1. The number of rotatable bonds is 17. The normalized spacial score (nSPS) is 16.1. The highest BCUT2D eigenvalue weighted by Gasteiger charge is 2.38. The van der Waals surface area contributed by atoms with Gasteiger partial charge >= 0.3 is 32.2 Å². The van der Waals surface area contributed by atoms with Crippen LogP contribution in [-0.2, 0) is 73.3 Å². The number of carboxylic acid groups (broad SMARTS) is 1. The van der Waals surface area contributed by atoms with Gasteiger partial charge in [0.2, 0.25) is 0 Å². The lowest BCUT2D eigenvalue weighted by atomic mass is 9.83. The number of carbonyl (C=O) groups is 2. The molecule has 18 nitrogen and oxygen atoms in total. The number of carboxylic acids is 1. The van der Waals surface area contributed by atoms with Gasteiger partial charge in [0, 0.05) is 49.4 Å². The van der Waals surface area contributed by atoms with E-state index in [-0.39, 0.29) is 61.4 Å². The molecule has 0 aromatic heterocycles. The third kappa shape index (κ3) is 12.3. The Morgan fingerprint density at radius 3 is 1.33 bits per heavy atom. The average Bonchev–Trinajstić information content (AvgIpc) is 3.51. The molecule has 0 spiro atoms. The maximum Gasteiger partial charge on any atom is 0.344 e. The summed E-state index contributed by atoms with van der Waals surface area (Å²) in [6.45, 7) is 3.82. The fourth-order valence-electron chi connectivity index (χ4n) is 10.2. The molecule has 10 rings (SSSR count). The first-order valence-electron chi connectivity index (χ1n) is 24.5. The molecule has 2 unspecified atom stereocenters. The summed E-state index contributed by atoms with van der Waals surface area (Å²) < 4.78 is 102. The lowest BCUT2D eigenvalue weighted by Crippen LogP contribution is -2.39. The molecule has 4 aliphatic heterocycles. The van der Waals surface area contributed by atoms with E-state index in [0.29, 0.717) is 60.4 Å². The molecule has 6 aromatic carbocycles. The predicted molar refractivity (Wildman–Crippen MR) is 290 cm³/mol. The van der Waals surface area contributed by atoms with Crippen LogP contribution in [0.25, 0.3) is 0 Å². The van der Waals surface area contributed by atoms with Crippen molar-refractivity contribution in [2.75, 3.05) is 61.3 Å². The molecule has 0 amide bonds. The van der Waals surface area contributed by atoms with Crippen molar-refractivity contribution < 1.29 is 73.1 Å². The van der Waals surface area contributed by atoms with Gasteiger partial charge in [0.25, 0.3) is 0 Å². The molecular weight excluding hydrogens is 1040 g/mol. The number of carbonyl (C=O) groups excluding carboxylic acids is 1. The van der Waals surface area contributed by atoms with E-state index < -0.39 is 38.8 Å². The lowest BCUT2D eigenvalue weighted by molar-refractivity contribution is -0.145. The van der Waals surface area contributed by atoms with Crippen LogP contribution in [0.5, 0.6) is 46.0 Å². The third-order valence-corrected chi connectivity index (χ3v) is 16.3. The molecule has 0 radical (unpaired) electrons. The van der Waals surface area contributed by atoms with Crippen molar-refractivity contribution in [3.05, 3.63) is 154 Å². The van der Waals surface area contributed by atoms with Gasteiger partial charge in [0.15, 0.2) is 59.2 Å². The van der Waals surface area contributed by atoms with Crippen molar-refractivity contribution >= 4 is 32.2 Å². The fraction of sp³-hybridized carbons (Fsp3) is 0.345. The average molecular weight is 1110 g/mol. The molecule has 416 valence electrons. The number of methoxy groups -OCH3 is 4. The predicted octanol–water partition coefficient (Wildman–Crippen LogP) is 8.93. The van der Waals surface area contributed by atoms with E-state index in [1.54, 1.807) is 62.6 Å². The first kappa shape index (κ1) is 58.2. The van der Waals surface area contributed by atoms with Crippen molar-refractivity contribution in [3.63, 3.8) is 0 Å². The van der Waals surface area contributed by atoms with Crippen LogP contribution < -0.4 is 36.8 Å². The summed E-state index contributed by atoms with van der Waals surface area (Å²) in [5.41, 5.74) is 7.88. The number of hydrogen-bond acceptors (Lipinski definition) is 17. The van der Waals surface area contributed by atoms with Crippen LogP contribution in [0.15, 0.2) is 119 Å². The highest BCUT2D eigenvalue weighted by molar-refractivity contribution is 7.87. The summed E-state index contributed by atoms with van der Waals surface area (Å²) in [4.78, 5) is 27.7. The number of fused-ring (bicyclic) bond motifs is 8. The summed E-state index contributed by atoms with van der Waals surface area (Å²) in [6, 6.07) is 31.2. The molecule has 4 aliphatic rings. The number of nitrogens with zero attached hydrogens (tertiary/aromatic N) is 2. The van der Waals surface area contributed by atoms with Crippen LogP contribution in [0.2, 0.25) is 0 Å². The minimum atomic E-state index is -4.06. The topological polar surface area (TPSA) is 212 Å². The van der Waals surface area contributed by atoms with Crippen LogP contribution in [0.3, 0.4) is 0 Å². The summed E-state index contributed by atoms with van der Waals surface area (Å²) >= 11 is 0. The molecule has 2 atom stereocenters. The Morgan fingerprint density at radius 2 is 0.949 bits per heavy atom. The second-order valence-corrected chi connectivity index (χ2v) is 21.3. The zero-order valence-electron chi connectivity index (χ0n) is 42.6. The SMILES string of the molecule is C.C.CCOC(=O)COc1cc2c(cc1OC)CCN1Cc3c(ccc(OC)c3OS(=O)(=O)c3ccccc3)CC21.COc1cc2c(cc1OCC(=O)O)C1Cc3ccc(OC)c(OS(=O)(=O)c4ccccc4)c3CN1CC2. The van der Waals surface area contributed by atoms with Crippen LogP contribution in [-0.4, -0.2) is 105 Å². The molecule has 0 fully saturated rings. The van der Waals surface area contributed by atoms with E-state index in [1.807, 2.05) is 36.4 Å². The van der Waals surface area contributed by atoms with Gasteiger partial charge in [0.1, 0.15) is 9.79 Å². The highest BCUT2D eigenvalue weighted by Crippen LogP contribution is 2.49. The molecule has 78 heavy (non-hydrogen) atoms. The Bertz CT molecular complexity index is 3360. The maximum absolute atomic E-state index is 13.1. The summed E-state index contributed by atoms with van der Waals surface area (Å²) in [5, 5.41) is 9.06.